The molecule has 0 saturated carbocycles. The Morgan fingerprint density at radius 3 is 0.825 bits per heavy atom. The van der Waals surface area contributed by atoms with Crippen molar-refractivity contribution in [1.82, 2.24) is 21.3 Å². The number of carbonyl (C=O) groups is 12. The minimum absolute atomic E-state index is 0.0251. The van der Waals surface area contributed by atoms with Gasteiger partial charge in [-0.1, -0.05) is 74.7 Å². The van der Waals surface area contributed by atoms with E-state index in [0.717, 1.165) is 23.5 Å². The number of nitrogens with one attached hydrogen (secondary N) is 4. The van der Waals surface area contributed by atoms with Gasteiger partial charge in [-0.2, -0.15) is 0 Å². The van der Waals surface area contributed by atoms with Gasteiger partial charge in [0.2, 0.25) is 23.6 Å². The summed E-state index contributed by atoms with van der Waals surface area (Å²) >= 11 is 2.92. The summed E-state index contributed by atoms with van der Waals surface area (Å²) in [4.78, 5) is 138. The smallest absolute Gasteiger partial charge is 0.329 e. The molecule has 0 saturated heterocycles. The molecule has 4 amide bonds. The number of aliphatic carboxylic acids is 3. The second-order valence-corrected chi connectivity index (χ2v) is 15.5. The Balaban J connectivity index is 0. The summed E-state index contributed by atoms with van der Waals surface area (Å²) in [6.45, 7) is 6.33. The Kier molecular flexibility index (Phi) is 30.7. The molecule has 0 aliphatic heterocycles. The van der Waals surface area contributed by atoms with Gasteiger partial charge in [0, 0.05) is 74.4 Å². The Morgan fingerprint density at radius 2 is 0.632 bits per heavy atom. The van der Waals surface area contributed by atoms with Crippen molar-refractivity contribution in [2.45, 2.75) is 103 Å². The number of hydrogen-bond donors (Lipinski definition) is 7. The summed E-state index contributed by atoms with van der Waals surface area (Å²) in [6.07, 6.45) is 0.00873. The average molecular weight is 887 g/mol. The zero-order chi connectivity index (χ0) is 44.1. The van der Waals surface area contributed by atoms with Gasteiger partial charge in [-0.3, -0.25) is 38.4 Å². The molecule has 0 spiro atoms. The van der Waals surface area contributed by atoms with Crippen molar-refractivity contribution in [1.29, 1.82) is 0 Å². The number of methoxy groups -OCH3 is 1. The van der Waals surface area contributed by atoms with Gasteiger partial charge in [-0.15, -0.1) is 0 Å². The van der Waals surface area contributed by atoms with E-state index < -0.39 is 76.0 Å². The van der Waals surface area contributed by atoms with Crippen LogP contribution in [0.3, 0.4) is 0 Å². The first kappa shape index (κ1) is 54.9. The maximum atomic E-state index is 11.9. The molecule has 0 rings (SSSR count). The van der Waals surface area contributed by atoms with Gasteiger partial charge in [0.25, 0.3) is 0 Å². The van der Waals surface area contributed by atoms with Crippen LogP contribution in [0.15, 0.2) is 0 Å². The van der Waals surface area contributed by atoms with Crippen molar-refractivity contribution in [3.05, 3.63) is 0 Å². The molecule has 0 radical (unpaired) electrons. The summed E-state index contributed by atoms with van der Waals surface area (Å²) in [5, 5.41) is 34.8. The highest BCUT2D eigenvalue weighted by atomic mass is 32.2. The Morgan fingerprint density at radius 1 is 0.421 bits per heavy atom. The van der Waals surface area contributed by atoms with Crippen LogP contribution in [0.4, 0.5) is 0 Å². The SMILES string of the molecule is CCC(=O)N[C@@H](CSC(=O)CCC(=O)SC[C@H](NC(=O)CC)C(=O)O)C(=O)O.CCC(=O)N[C@@H](CSC(=O)CCC(=O)SC[C@H](NC(=O)CC)C(=O)OC)C(=O)O. The first-order valence-corrected chi connectivity index (χ1v) is 21.2. The van der Waals surface area contributed by atoms with Crippen LogP contribution in [-0.2, 0) is 62.3 Å². The molecule has 0 aromatic carbocycles. The van der Waals surface area contributed by atoms with Crippen LogP contribution in [-0.4, -0.2) is 138 Å². The van der Waals surface area contributed by atoms with E-state index in [-0.39, 0.29) is 90.5 Å². The van der Waals surface area contributed by atoms with E-state index in [1.807, 2.05) is 0 Å². The third-order valence-corrected chi connectivity index (χ3v) is 10.8. The summed E-state index contributed by atoms with van der Waals surface area (Å²) in [7, 11) is 1.17. The van der Waals surface area contributed by atoms with Crippen LogP contribution in [0.5, 0.6) is 0 Å². The summed E-state index contributed by atoms with van der Waals surface area (Å²) in [5.74, 6) is -6.63. The topological polar surface area (TPSA) is 323 Å². The van der Waals surface area contributed by atoms with Gasteiger partial charge in [-0.05, 0) is 0 Å². The molecule has 57 heavy (non-hydrogen) atoms. The molecule has 0 fully saturated rings. The second kappa shape index (κ2) is 31.9. The lowest BCUT2D eigenvalue weighted by Crippen LogP contribution is -2.43. The van der Waals surface area contributed by atoms with Gasteiger partial charge in [0.1, 0.15) is 24.2 Å². The lowest BCUT2D eigenvalue weighted by atomic mass is 10.3. The van der Waals surface area contributed by atoms with Crippen LogP contribution < -0.4 is 21.3 Å². The van der Waals surface area contributed by atoms with E-state index in [1.54, 1.807) is 27.7 Å². The zero-order valence-electron chi connectivity index (χ0n) is 32.1. The van der Waals surface area contributed by atoms with Crippen LogP contribution in [0, 0.1) is 0 Å². The number of amides is 4. The molecule has 7 N–H and O–H groups in total. The molecule has 0 unspecified atom stereocenters. The van der Waals surface area contributed by atoms with Gasteiger partial charge in [0.05, 0.1) is 7.11 Å². The van der Waals surface area contributed by atoms with Gasteiger partial charge >= 0.3 is 23.9 Å². The number of carbonyl (C=O) groups excluding carboxylic acids is 9. The van der Waals surface area contributed by atoms with E-state index in [4.69, 9.17) is 15.3 Å². The second-order valence-electron chi connectivity index (χ2n) is 11.2. The normalized spacial score (nSPS) is 12.4. The largest absolute Gasteiger partial charge is 0.480 e. The number of hydrogen-bond acceptors (Lipinski definition) is 17. The standard InChI is InChI=1S/C17H26N2O8S2.C16H24N2O8S2/c1-4-12(20)18-10(16(24)25)8-28-14(22)6-7-15(23)29-9-11(17(26)27-3)19-13(21)5-2;1-3-11(19)17-9(15(23)24)7-27-13(21)5-6-14(22)28-8-10(16(25)26)18-12(20)4-2/h10-11H,4-9H2,1-3H3,(H,18,20)(H,19,21)(H,24,25);9-10H,3-8H2,1-2H3,(H,17,19)(H,18,20)(H,23,24)(H,25,26)/t10-,11-;9-,10-/m00/s1. The fourth-order valence-electron chi connectivity index (χ4n) is 3.42. The van der Waals surface area contributed by atoms with Crippen LogP contribution in [0.2, 0.25) is 0 Å². The molecule has 0 bridgehead atoms. The maximum absolute atomic E-state index is 11.9. The monoisotopic (exact) mass is 886 g/mol. The van der Waals surface area contributed by atoms with Crippen molar-refractivity contribution in [3.8, 4) is 0 Å². The van der Waals surface area contributed by atoms with E-state index >= 15 is 0 Å². The number of carboxylic acids is 3. The predicted molar refractivity (Wildman–Crippen MR) is 212 cm³/mol. The third kappa shape index (κ3) is 28.0. The van der Waals surface area contributed by atoms with Crippen molar-refractivity contribution in [2.75, 3.05) is 30.1 Å². The van der Waals surface area contributed by atoms with Crippen LogP contribution >= 0.6 is 47.0 Å². The third-order valence-electron chi connectivity index (χ3n) is 6.72. The number of rotatable bonds is 26. The van der Waals surface area contributed by atoms with Gasteiger partial charge < -0.3 is 41.3 Å². The van der Waals surface area contributed by atoms with Crippen molar-refractivity contribution >= 4 is 115 Å². The molecule has 0 heterocycles. The molecule has 20 nitrogen and oxygen atoms in total. The van der Waals surface area contributed by atoms with Gasteiger partial charge in [-0.25, -0.2) is 19.2 Å². The van der Waals surface area contributed by atoms with E-state index in [2.05, 4.69) is 26.0 Å². The van der Waals surface area contributed by atoms with Crippen molar-refractivity contribution < 1.29 is 77.6 Å². The summed E-state index contributed by atoms with van der Waals surface area (Å²) < 4.78 is 4.58. The van der Waals surface area contributed by atoms with E-state index in [9.17, 15) is 57.5 Å². The summed E-state index contributed by atoms with van der Waals surface area (Å²) in [6, 6.07) is -4.57. The van der Waals surface area contributed by atoms with Crippen LogP contribution in [0.25, 0.3) is 0 Å². The molecule has 0 aromatic heterocycles. The zero-order valence-corrected chi connectivity index (χ0v) is 35.3. The lowest BCUT2D eigenvalue weighted by Gasteiger charge is -2.15. The van der Waals surface area contributed by atoms with Crippen LogP contribution in [0.1, 0.15) is 79.1 Å². The highest BCUT2D eigenvalue weighted by Crippen LogP contribution is 2.16. The maximum Gasteiger partial charge on any atom is 0.329 e. The Labute approximate surface area is 346 Å². The molecule has 322 valence electrons. The number of esters is 1. The number of ether oxygens (including phenoxy) is 1. The highest BCUT2D eigenvalue weighted by molar-refractivity contribution is 8.14. The molecule has 0 aliphatic carbocycles. The minimum Gasteiger partial charge on any atom is -0.480 e. The molecule has 0 aromatic rings. The van der Waals surface area contributed by atoms with E-state index in [0.29, 0.717) is 23.5 Å². The lowest BCUT2D eigenvalue weighted by molar-refractivity contribution is -0.144. The minimum atomic E-state index is -1.26. The fourth-order valence-corrected chi connectivity index (χ4v) is 6.72. The van der Waals surface area contributed by atoms with Crippen molar-refractivity contribution in [2.24, 2.45) is 0 Å². The van der Waals surface area contributed by atoms with Crippen molar-refractivity contribution in [3.63, 3.8) is 0 Å². The first-order chi connectivity index (χ1) is 26.7. The van der Waals surface area contributed by atoms with E-state index in [1.165, 1.54) is 7.11 Å². The summed E-state index contributed by atoms with van der Waals surface area (Å²) in [5.41, 5.74) is 0. The number of thioether (sulfide) groups is 4. The van der Waals surface area contributed by atoms with Gasteiger partial charge in [0.15, 0.2) is 20.5 Å². The highest BCUT2D eigenvalue weighted by Gasteiger charge is 2.25. The Hall–Kier alpha value is -4.16. The predicted octanol–water partition coefficient (Wildman–Crippen LogP) is 0.578. The molecule has 4 atom stereocenters. The molecule has 24 heteroatoms. The Bertz CT molecular complexity index is 1400. The first-order valence-electron chi connectivity index (χ1n) is 17.3. The average Bonchev–Trinajstić information content (AvgIpc) is 3.18. The molecule has 0 aliphatic rings. The quantitative estimate of drug-likeness (QED) is 0.0584. The molecular weight excluding hydrogens is 837 g/mol. The number of carboxylic acid groups (broad SMARTS) is 3. The molecular formula is C33H50N4O16S4. The fraction of sp³-hybridized carbons (Fsp3) is 0.636.